The lowest BCUT2D eigenvalue weighted by Crippen LogP contribution is -2.22. The van der Waals surface area contributed by atoms with Crippen molar-refractivity contribution in [2.75, 3.05) is 5.75 Å². The van der Waals surface area contributed by atoms with E-state index in [0.29, 0.717) is 5.75 Å². The predicted molar refractivity (Wildman–Crippen MR) is 91.1 cm³/mol. The highest BCUT2D eigenvalue weighted by atomic mass is 32.2. The zero-order valence-electron chi connectivity index (χ0n) is 13.9. The van der Waals surface area contributed by atoms with Gasteiger partial charge in [-0.1, -0.05) is 56.3 Å². The Balaban J connectivity index is 2.23. The molecule has 0 aliphatic rings. The number of rotatable bonds is 5. The van der Waals surface area contributed by atoms with Gasteiger partial charge in [0, 0.05) is 17.5 Å². The monoisotopic (exact) mass is 317 g/mol. The number of carbonyl (C=O) groups is 1. The second kappa shape index (κ2) is 6.65. The predicted octanol–water partition coefficient (Wildman–Crippen LogP) is 3.98. The molecule has 0 bridgehead atoms. The van der Waals surface area contributed by atoms with Gasteiger partial charge >= 0.3 is 0 Å². The number of hydrogen-bond donors (Lipinski definition) is 0. The van der Waals surface area contributed by atoms with E-state index in [1.165, 1.54) is 17.3 Å². The molecule has 2 aromatic rings. The molecule has 1 aromatic carbocycles. The van der Waals surface area contributed by atoms with Crippen LogP contribution in [0.2, 0.25) is 0 Å². The van der Waals surface area contributed by atoms with Crippen LogP contribution >= 0.6 is 11.8 Å². The minimum absolute atomic E-state index is 0.222. The molecular weight excluding hydrogens is 294 g/mol. The van der Waals surface area contributed by atoms with E-state index in [1.54, 1.807) is 0 Å². The van der Waals surface area contributed by atoms with Crippen LogP contribution < -0.4 is 0 Å². The standard InChI is InChI=1S/C17H23N3OS/c1-6-20-15(13-9-7-8-12(2)10-13)18-19-16(20)22-11-14(21)17(3,4)5/h7-10H,6,11H2,1-5H3. The van der Waals surface area contributed by atoms with Gasteiger partial charge in [-0.3, -0.25) is 4.79 Å². The molecule has 0 atom stereocenters. The molecule has 0 aliphatic carbocycles. The highest BCUT2D eigenvalue weighted by Crippen LogP contribution is 2.26. The van der Waals surface area contributed by atoms with Crippen LogP contribution in [0, 0.1) is 12.3 Å². The van der Waals surface area contributed by atoms with Crippen LogP contribution in [0.1, 0.15) is 33.3 Å². The first-order valence-electron chi connectivity index (χ1n) is 7.49. The van der Waals surface area contributed by atoms with Crippen molar-refractivity contribution in [1.29, 1.82) is 0 Å². The van der Waals surface area contributed by atoms with E-state index in [4.69, 9.17) is 0 Å². The number of aryl methyl sites for hydroxylation is 1. The fourth-order valence-electron chi connectivity index (χ4n) is 2.02. The maximum Gasteiger partial charge on any atom is 0.191 e. The van der Waals surface area contributed by atoms with E-state index in [9.17, 15) is 4.79 Å². The van der Waals surface area contributed by atoms with Gasteiger partial charge in [-0.2, -0.15) is 0 Å². The molecule has 0 saturated carbocycles. The van der Waals surface area contributed by atoms with Gasteiger partial charge in [-0.05, 0) is 19.9 Å². The summed E-state index contributed by atoms with van der Waals surface area (Å²) in [5, 5.41) is 9.39. The molecular formula is C17H23N3OS. The number of aromatic nitrogens is 3. The Hall–Kier alpha value is -1.62. The van der Waals surface area contributed by atoms with Gasteiger partial charge in [0.2, 0.25) is 0 Å². The van der Waals surface area contributed by atoms with Crippen LogP contribution in [-0.2, 0) is 11.3 Å². The summed E-state index contributed by atoms with van der Waals surface area (Å²) < 4.78 is 2.06. The Bertz CT molecular complexity index is 671. The normalized spacial score (nSPS) is 11.7. The third-order valence-corrected chi connectivity index (χ3v) is 4.44. The van der Waals surface area contributed by atoms with Gasteiger partial charge in [0.25, 0.3) is 0 Å². The zero-order valence-corrected chi connectivity index (χ0v) is 14.7. The van der Waals surface area contributed by atoms with Crippen molar-refractivity contribution in [3.8, 4) is 11.4 Å². The summed E-state index contributed by atoms with van der Waals surface area (Å²) in [7, 11) is 0. The van der Waals surface area contributed by atoms with Crippen molar-refractivity contribution >= 4 is 17.5 Å². The average Bonchev–Trinajstić information content (AvgIpc) is 2.86. The van der Waals surface area contributed by atoms with Crippen molar-refractivity contribution in [3.63, 3.8) is 0 Å². The number of Topliss-reactive ketones (excluding diaryl/α,β-unsaturated/α-hetero) is 1. The number of benzene rings is 1. The SMILES string of the molecule is CCn1c(SCC(=O)C(C)(C)C)nnc1-c1cccc(C)c1. The Morgan fingerprint density at radius 2 is 2.00 bits per heavy atom. The molecule has 5 heteroatoms. The van der Waals surface area contributed by atoms with Crippen LogP contribution in [0.3, 0.4) is 0 Å². The van der Waals surface area contributed by atoms with E-state index in [-0.39, 0.29) is 11.2 Å². The summed E-state index contributed by atoms with van der Waals surface area (Å²) in [6.07, 6.45) is 0. The molecule has 0 radical (unpaired) electrons. The van der Waals surface area contributed by atoms with Gasteiger partial charge in [0.15, 0.2) is 11.0 Å². The van der Waals surface area contributed by atoms with Crippen molar-refractivity contribution in [2.24, 2.45) is 5.41 Å². The third-order valence-electron chi connectivity index (χ3n) is 3.48. The van der Waals surface area contributed by atoms with Crippen LogP contribution in [0.15, 0.2) is 29.4 Å². The van der Waals surface area contributed by atoms with Crippen LogP contribution in [-0.4, -0.2) is 26.3 Å². The fourth-order valence-corrected chi connectivity index (χ4v) is 3.19. The van der Waals surface area contributed by atoms with E-state index < -0.39 is 0 Å². The van der Waals surface area contributed by atoms with Gasteiger partial charge < -0.3 is 4.57 Å². The molecule has 0 aliphatic heterocycles. The Morgan fingerprint density at radius 1 is 1.27 bits per heavy atom. The molecule has 1 aromatic heterocycles. The first kappa shape index (κ1) is 16.7. The molecule has 0 N–H and O–H groups in total. The van der Waals surface area contributed by atoms with Gasteiger partial charge in [-0.15, -0.1) is 10.2 Å². The maximum atomic E-state index is 12.1. The molecule has 4 nitrogen and oxygen atoms in total. The van der Waals surface area contributed by atoms with E-state index in [0.717, 1.165) is 23.1 Å². The maximum absolute atomic E-state index is 12.1. The summed E-state index contributed by atoms with van der Waals surface area (Å²) in [6, 6.07) is 8.23. The largest absolute Gasteiger partial charge is 0.302 e. The highest BCUT2D eigenvalue weighted by molar-refractivity contribution is 7.99. The highest BCUT2D eigenvalue weighted by Gasteiger charge is 2.22. The quantitative estimate of drug-likeness (QED) is 0.783. The van der Waals surface area contributed by atoms with Crippen LogP contribution in [0.5, 0.6) is 0 Å². The Kier molecular flexibility index (Phi) is 5.06. The Labute approximate surface area is 136 Å². The molecule has 1 heterocycles. The number of nitrogens with zero attached hydrogens (tertiary/aromatic N) is 3. The van der Waals surface area contributed by atoms with Crippen molar-refractivity contribution in [3.05, 3.63) is 29.8 Å². The summed E-state index contributed by atoms with van der Waals surface area (Å²) in [4.78, 5) is 12.1. The lowest BCUT2D eigenvalue weighted by atomic mass is 9.92. The molecule has 0 amide bonds. The number of ketones is 1. The topological polar surface area (TPSA) is 47.8 Å². The van der Waals surface area contributed by atoms with E-state index in [1.807, 2.05) is 32.9 Å². The molecule has 22 heavy (non-hydrogen) atoms. The summed E-state index contributed by atoms with van der Waals surface area (Å²) >= 11 is 1.47. The van der Waals surface area contributed by atoms with Crippen molar-refractivity contribution in [2.45, 2.75) is 46.3 Å². The minimum Gasteiger partial charge on any atom is -0.302 e. The second-order valence-corrected chi connectivity index (χ2v) is 7.32. The number of carbonyl (C=O) groups excluding carboxylic acids is 1. The first-order valence-corrected chi connectivity index (χ1v) is 8.48. The summed E-state index contributed by atoms with van der Waals surface area (Å²) in [5.41, 5.74) is 1.94. The fraction of sp³-hybridized carbons (Fsp3) is 0.471. The minimum atomic E-state index is -0.316. The number of thioether (sulfide) groups is 1. The number of hydrogen-bond acceptors (Lipinski definition) is 4. The van der Waals surface area contributed by atoms with Crippen molar-refractivity contribution < 1.29 is 4.79 Å². The zero-order chi connectivity index (χ0) is 16.3. The van der Waals surface area contributed by atoms with E-state index >= 15 is 0 Å². The molecule has 0 spiro atoms. The summed E-state index contributed by atoms with van der Waals surface area (Å²) in [6.45, 7) is 10.7. The smallest absolute Gasteiger partial charge is 0.191 e. The van der Waals surface area contributed by atoms with Crippen LogP contribution in [0.4, 0.5) is 0 Å². The average molecular weight is 317 g/mol. The lowest BCUT2D eigenvalue weighted by Gasteiger charge is -2.15. The third kappa shape index (κ3) is 3.77. The summed E-state index contributed by atoms with van der Waals surface area (Å²) in [5.74, 6) is 1.51. The lowest BCUT2D eigenvalue weighted by molar-refractivity contribution is -0.123. The van der Waals surface area contributed by atoms with Gasteiger partial charge in [0.1, 0.15) is 5.78 Å². The molecule has 118 valence electrons. The van der Waals surface area contributed by atoms with Gasteiger partial charge in [-0.25, -0.2) is 0 Å². The molecule has 0 saturated heterocycles. The Morgan fingerprint density at radius 3 is 2.59 bits per heavy atom. The van der Waals surface area contributed by atoms with Crippen molar-refractivity contribution in [1.82, 2.24) is 14.8 Å². The van der Waals surface area contributed by atoms with Gasteiger partial charge in [0.05, 0.1) is 5.75 Å². The molecule has 0 fully saturated rings. The van der Waals surface area contributed by atoms with Crippen LogP contribution in [0.25, 0.3) is 11.4 Å². The second-order valence-electron chi connectivity index (χ2n) is 6.38. The first-order chi connectivity index (χ1) is 10.3. The molecule has 2 rings (SSSR count). The molecule has 0 unspecified atom stereocenters. The van der Waals surface area contributed by atoms with E-state index in [2.05, 4.69) is 40.7 Å².